The van der Waals surface area contributed by atoms with Gasteiger partial charge in [0.05, 0.1) is 31.0 Å². The van der Waals surface area contributed by atoms with E-state index in [4.69, 9.17) is 11.5 Å². The number of carboxylic acid groups (broad SMARTS) is 1. The van der Waals surface area contributed by atoms with E-state index in [-0.39, 0.29) is 125 Å². The molecule has 0 unspecified atom stereocenters. The van der Waals surface area contributed by atoms with E-state index in [9.17, 15) is 87.5 Å². The maximum Gasteiger partial charge on any atom is 0.326 e. The third kappa shape index (κ3) is 31.9. The van der Waals surface area contributed by atoms with Gasteiger partial charge in [-0.15, -0.1) is 0 Å². The van der Waals surface area contributed by atoms with Crippen molar-refractivity contribution in [2.45, 2.75) is 216 Å². The maximum absolute atomic E-state index is 15.3. The van der Waals surface area contributed by atoms with Crippen LogP contribution in [-0.2, 0) is 128 Å². The molecule has 15 atom stereocenters. The van der Waals surface area contributed by atoms with Crippen LogP contribution < -0.4 is 75.3 Å². The molecule has 2 aliphatic rings. The summed E-state index contributed by atoms with van der Waals surface area (Å²) in [5.74, 6) is -15.5. The molecule has 0 saturated carbocycles. The van der Waals surface area contributed by atoms with E-state index in [0.717, 1.165) is 5.56 Å². The maximum atomic E-state index is 15.3. The SMILES string of the molecule is CC[C@H](C)[C@H](NC(=O)[C@H](CC(N)=O)NC(=O)[C@@H]1CCCN1C(=O)[C@H](Cc1c[nH]cn1)NC(=O)[C@H](Cc1ccc(O)cc1)NC(=O)[C@H](C)NC(=O)[C@H](Cc1ccccc1)NC(=O)[C@H](Cc1ccc(O)cc1)NC(=O)[C@@H](N)Cc1ccccc1)C(=O)N1CCC[C@H]1C(=O)NCC(=O)N[C@@H](CC(C)C)C(=O)N[C@@H](Cc1ccccc1)C(=O)N[C@@H](Cc1ccc(O)cc1)C(=O)N[C@@H](Cc1ccccc1)C(=O)O. The van der Waals surface area contributed by atoms with E-state index >= 15 is 9.59 Å². The van der Waals surface area contributed by atoms with Crippen LogP contribution in [0, 0.1) is 11.8 Å². The van der Waals surface area contributed by atoms with E-state index in [2.05, 4.69) is 73.8 Å². The predicted octanol–water partition coefficient (Wildman–Crippen LogP) is 1.60. The molecule has 21 N–H and O–H groups in total. The molecule has 2 aliphatic heterocycles. The minimum atomic E-state index is -1.77. The number of phenolic OH excluding ortho intramolecular Hbond substituents is 3. The zero-order valence-electron chi connectivity index (χ0n) is 77.4. The van der Waals surface area contributed by atoms with Crippen LogP contribution in [0.5, 0.6) is 17.2 Å². The summed E-state index contributed by atoms with van der Waals surface area (Å²) in [7, 11) is 0. The van der Waals surface area contributed by atoms with Gasteiger partial charge in [0.2, 0.25) is 88.6 Å². The number of nitrogens with zero attached hydrogens (tertiary/aromatic N) is 3. The fourth-order valence-electron chi connectivity index (χ4n) is 16.3. The third-order valence-corrected chi connectivity index (χ3v) is 24.0. The highest BCUT2D eigenvalue weighted by Crippen LogP contribution is 2.26. The van der Waals surface area contributed by atoms with Crippen LogP contribution in [0.25, 0.3) is 0 Å². The first-order chi connectivity index (χ1) is 66.0. The van der Waals surface area contributed by atoms with E-state index in [1.54, 1.807) is 155 Å². The Kier molecular flexibility index (Phi) is 39.0. The van der Waals surface area contributed by atoms with Gasteiger partial charge in [0.25, 0.3) is 0 Å². The lowest BCUT2D eigenvalue weighted by molar-refractivity contribution is -0.144. The fourth-order valence-corrected chi connectivity index (χ4v) is 16.3. The number of benzene rings is 7. The van der Waals surface area contributed by atoms with Gasteiger partial charge in [0.1, 0.15) is 95.8 Å². The molecule has 38 nitrogen and oxygen atoms in total. The molecule has 732 valence electrons. The molecule has 0 spiro atoms. The van der Waals surface area contributed by atoms with Gasteiger partial charge in [-0.25, -0.2) is 9.78 Å². The number of nitrogens with one attached hydrogen (secondary N) is 13. The van der Waals surface area contributed by atoms with Gasteiger partial charge in [-0.2, -0.15) is 0 Å². The Hall–Kier alpha value is -15.4. The number of aromatic nitrogens is 2. The highest BCUT2D eigenvalue weighted by Gasteiger charge is 2.45. The van der Waals surface area contributed by atoms with Crippen molar-refractivity contribution >= 4 is 94.6 Å². The lowest BCUT2D eigenvalue weighted by Gasteiger charge is -2.33. The van der Waals surface area contributed by atoms with Crippen molar-refractivity contribution in [2.24, 2.45) is 23.3 Å². The van der Waals surface area contributed by atoms with Crippen molar-refractivity contribution in [1.82, 2.24) is 83.6 Å². The molecule has 10 rings (SSSR count). The van der Waals surface area contributed by atoms with Crippen molar-refractivity contribution in [3.05, 3.63) is 251 Å². The summed E-state index contributed by atoms with van der Waals surface area (Å²) < 4.78 is 0. The second-order valence-electron chi connectivity index (χ2n) is 35.2. The number of aromatic hydroxyl groups is 3. The number of imidazole rings is 1. The molecule has 2 fully saturated rings. The number of carboxylic acids is 1. The van der Waals surface area contributed by atoms with Gasteiger partial charge in [-0.1, -0.05) is 192 Å². The van der Waals surface area contributed by atoms with Crippen LogP contribution in [0.4, 0.5) is 0 Å². The molecule has 38 heteroatoms. The largest absolute Gasteiger partial charge is 0.508 e. The summed E-state index contributed by atoms with van der Waals surface area (Å²) in [5, 5.41) is 72.8. The lowest BCUT2D eigenvalue weighted by atomic mass is 9.96. The average molecular weight is 1900 g/mol. The fraction of sp³-hybridized carbons (Fsp3) is 0.390. The highest BCUT2D eigenvalue weighted by atomic mass is 16.4. The second kappa shape index (κ2) is 51.4. The summed E-state index contributed by atoms with van der Waals surface area (Å²) >= 11 is 0. The molecule has 0 bridgehead atoms. The first-order valence-electron chi connectivity index (χ1n) is 46.0. The summed E-state index contributed by atoms with van der Waals surface area (Å²) in [6.07, 6.45) is 1.78. The molecular weight excluding hydrogens is 1770 g/mol. The van der Waals surface area contributed by atoms with Crippen molar-refractivity contribution in [3.63, 3.8) is 0 Å². The molecule has 3 heterocycles. The van der Waals surface area contributed by atoms with E-state index < -0.39 is 198 Å². The number of likely N-dealkylation sites (tertiary alicyclic amines) is 2. The molecule has 15 amide bonds. The number of H-pyrrole nitrogens is 1. The Morgan fingerprint density at radius 3 is 1.17 bits per heavy atom. The minimum Gasteiger partial charge on any atom is -0.508 e. The summed E-state index contributed by atoms with van der Waals surface area (Å²) in [6, 6.07) is 32.4. The van der Waals surface area contributed by atoms with Gasteiger partial charge in [-0.3, -0.25) is 71.9 Å². The van der Waals surface area contributed by atoms with Crippen LogP contribution in [0.15, 0.2) is 207 Å². The van der Waals surface area contributed by atoms with E-state index in [1.807, 2.05) is 6.07 Å². The predicted molar refractivity (Wildman–Crippen MR) is 506 cm³/mol. The van der Waals surface area contributed by atoms with Gasteiger partial charge in [-0.05, 0) is 133 Å². The van der Waals surface area contributed by atoms with Gasteiger partial charge >= 0.3 is 5.97 Å². The van der Waals surface area contributed by atoms with Crippen molar-refractivity contribution in [3.8, 4) is 17.2 Å². The number of carbonyl (C=O) groups is 16. The molecule has 7 aromatic carbocycles. The second-order valence-corrected chi connectivity index (χ2v) is 35.2. The molecule has 2 saturated heterocycles. The number of rotatable bonds is 49. The van der Waals surface area contributed by atoms with Crippen LogP contribution in [0.2, 0.25) is 0 Å². The van der Waals surface area contributed by atoms with Crippen molar-refractivity contribution in [2.75, 3.05) is 19.6 Å². The Morgan fingerprint density at radius 1 is 0.399 bits per heavy atom. The molecule has 1 aromatic heterocycles. The molecule has 138 heavy (non-hydrogen) atoms. The standard InChI is InChI=1S/C100H122N18O20/c1-6-59(4)86(99(136)118-44-19-29-82(118)96(133)104-56-85(123)107-73(45-58(2)3)90(127)111-77(48-63-25-15-9-16-26-63)92(129)112-78(51-67-35-41-71(121)42-36-67)94(131)115-81(100(137)138)52-64-27-17-10-18-28-64)116-95(132)79(54-84(102)122)113-97(134)83-30-20-43-117(83)98(135)80(53-68-55-103-57-105-68)114-93(130)75(49-65-31-37-69(119)38-32-65)108-87(124)60(5)106-89(126)74(47-62-23-13-8-14-24-62)110-91(128)76(50-66-33-39-70(120)40-34-66)109-88(125)72(101)46-61-21-11-7-12-22-61/h7-18,21-28,31-42,55,57-60,72-83,86,119-121H,6,19-20,29-30,43-54,56,101H2,1-5H3,(H2,102,122)(H,103,105)(H,104,133)(H,106,126)(H,107,123)(H,108,124)(H,109,125)(H,110,128)(H,111,127)(H,112,129)(H,113,134)(H,114,130)(H,115,131)(H,116,132)(H,137,138)/t59-,60-,72-,73-,74-,75-,76-,77-,78-,79-,80-,81-,82-,83-,86-/m0/s1. The smallest absolute Gasteiger partial charge is 0.326 e. The minimum absolute atomic E-state index is 0.00404. The number of hydrogen-bond acceptors (Lipinski definition) is 21. The number of aliphatic carboxylic acids is 1. The number of phenols is 3. The van der Waals surface area contributed by atoms with Crippen molar-refractivity contribution < 1.29 is 97.1 Å². The number of carbonyl (C=O) groups excluding carboxylic acids is 15. The number of hydrogen-bond donors (Lipinski definition) is 19. The molecule has 0 aliphatic carbocycles. The highest BCUT2D eigenvalue weighted by molar-refractivity contribution is 6.01. The van der Waals surface area contributed by atoms with E-state index in [1.165, 1.54) is 89.9 Å². The summed E-state index contributed by atoms with van der Waals surface area (Å²) in [5.41, 5.74) is 16.4. The van der Waals surface area contributed by atoms with Gasteiger partial charge in [0.15, 0.2) is 0 Å². The summed E-state index contributed by atoms with van der Waals surface area (Å²) in [6.45, 7) is 7.49. The Bertz CT molecular complexity index is 5500. The van der Waals surface area contributed by atoms with Crippen LogP contribution in [-0.4, -0.2) is 239 Å². The van der Waals surface area contributed by atoms with E-state index in [0.29, 0.717) is 39.8 Å². The molecule has 0 radical (unpaired) electrons. The number of nitrogens with two attached hydrogens (primary N) is 2. The Labute approximate surface area is 798 Å². The topological polar surface area (TPSA) is 586 Å². The average Bonchev–Trinajstić information content (AvgIpc) is 1.63. The van der Waals surface area contributed by atoms with Crippen LogP contribution >= 0.6 is 0 Å². The Balaban J connectivity index is 0.786. The summed E-state index contributed by atoms with van der Waals surface area (Å²) in [4.78, 5) is 239. The molecule has 8 aromatic rings. The Morgan fingerprint density at radius 2 is 0.761 bits per heavy atom. The van der Waals surface area contributed by atoms with Gasteiger partial charge in [0, 0.05) is 64.2 Å². The van der Waals surface area contributed by atoms with Gasteiger partial charge < -0.3 is 110 Å². The zero-order valence-corrected chi connectivity index (χ0v) is 77.4. The monoisotopic (exact) mass is 1890 g/mol. The number of primary amides is 1. The number of amides is 15. The normalized spacial score (nSPS) is 16.2. The third-order valence-electron chi connectivity index (χ3n) is 24.0. The quantitative estimate of drug-likeness (QED) is 0.0257. The lowest BCUT2D eigenvalue weighted by Crippen LogP contribution is -2.61. The van der Waals surface area contributed by atoms with Crippen LogP contribution in [0.1, 0.15) is 124 Å². The number of aromatic amines is 1. The van der Waals surface area contributed by atoms with Crippen LogP contribution in [0.3, 0.4) is 0 Å². The first-order valence-corrected chi connectivity index (χ1v) is 46.0. The zero-order chi connectivity index (χ0) is 99.6. The van der Waals surface area contributed by atoms with Crippen molar-refractivity contribution in [1.29, 1.82) is 0 Å². The first kappa shape index (κ1) is 105. The molecular formula is C100H122N18O20.